The van der Waals surface area contributed by atoms with Crippen molar-refractivity contribution in [2.24, 2.45) is 5.16 Å². The van der Waals surface area contributed by atoms with Gasteiger partial charge < -0.3 is 36.9 Å². The minimum Gasteiger partial charge on any atom is -0.504 e. The number of hydrogen-bond donors (Lipinski definition) is 7. The number of benzene rings is 1. The van der Waals surface area contributed by atoms with E-state index in [-0.39, 0.29) is 51.0 Å². The zero-order valence-electron chi connectivity index (χ0n) is 19.7. The summed E-state index contributed by atoms with van der Waals surface area (Å²) in [7, 11) is 0. The van der Waals surface area contributed by atoms with E-state index in [4.69, 9.17) is 5.73 Å². The molecule has 4 heterocycles. The Hall–Kier alpha value is -4.57. The number of fused-ring (bicyclic) bond motifs is 1. The van der Waals surface area contributed by atoms with Crippen molar-refractivity contribution in [3.63, 3.8) is 0 Å². The fourth-order valence-electron chi connectivity index (χ4n) is 4.60. The fraction of sp³-hybridized carbons (Fsp3) is 0.217. The number of aliphatic carboxylic acids is 1. The second kappa shape index (κ2) is 9.95. The summed E-state index contributed by atoms with van der Waals surface area (Å²) in [6.45, 7) is 0.323. The number of thioether (sulfide) groups is 1. The number of phenols is 2. The number of aromatic nitrogens is 1. The third-order valence-corrected chi connectivity index (χ3v) is 8.29. The average Bonchev–Trinajstić information content (AvgIpc) is 3.52. The molecule has 202 valence electrons. The van der Waals surface area contributed by atoms with Gasteiger partial charge in [-0.3, -0.25) is 19.3 Å². The molecular formula is C23H20N6O8S2. The van der Waals surface area contributed by atoms with E-state index in [0.29, 0.717) is 6.54 Å². The molecule has 2 aromatic rings. The number of phenolic OH excluding ortho intramolecular Hbond substituents is 2. The van der Waals surface area contributed by atoms with Crippen molar-refractivity contribution in [3.8, 4) is 11.5 Å². The number of β-lactam (4-membered cyclic amide) rings is 1. The second-order valence-corrected chi connectivity index (χ2v) is 10.6. The molecule has 39 heavy (non-hydrogen) atoms. The smallest absolute Gasteiger partial charge is 0.352 e. The van der Waals surface area contributed by atoms with Gasteiger partial charge in [0.25, 0.3) is 11.8 Å². The Morgan fingerprint density at radius 2 is 2.00 bits per heavy atom. The van der Waals surface area contributed by atoms with Crippen LogP contribution in [0.1, 0.15) is 17.7 Å². The Morgan fingerprint density at radius 3 is 2.59 bits per heavy atom. The number of carbonyl (C=O) groups is 4. The van der Waals surface area contributed by atoms with Crippen LogP contribution in [0.3, 0.4) is 0 Å². The first-order valence-corrected chi connectivity index (χ1v) is 13.2. The minimum atomic E-state index is -1.43. The molecule has 14 nitrogen and oxygen atoms in total. The summed E-state index contributed by atoms with van der Waals surface area (Å²) in [4.78, 5) is 56.0. The summed E-state index contributed by atoms with van der Waals surface area (Å²) in [5, 5.41) is 48.2. The van der Waals surface area contributed by atoms with Crippen LogP contribution in [0.2, 0.25) is 0 Å². The van der Waals surface area contributed by atoms with E-state index < -0.39 is 52.3 Å². The van der Waals surface area contributed by atoms with Gasteiger partial charge in [0.15, 0.2) is 22.3 Å². The first-order valence-electron chi connectivity index (χ1n) is 11.3. The number of oxime groups is 1. The molecule has 2 saturated heterocycles. The van der Waals surface area contributed by atoms with Crippen LogP contribution in [-0.2, 0) is 19.2 Å². The maximum Gasteiger partial charge on any atom is 0.352 e. The van der Waals surface area contributed by atoms with Crippen LogP contribution in [0.5, 0.6) is 11.5 Å². The van der Waals surface area contributed by atoms with Crippen LogP contribution in [-0.4, -0.2) is 83.5 Å². The zero-order valence-corrected chi connectivity index (χ0v) is 21.4. The monoisotopic (exact) mass is 572 g/mol. The summed E-state index contributed by atoms with van der Waals surface area (Å²) in [6, 6.07) is 2.74. The van der Waals surface area contributed by atoms with E-state index in [0.717, 1.165) is 28.0 Å². The Labute approximate surface area is 227 Å². The average molecular weight is 573 g/mol. The van der Waals surface area contributed by atoms with Crippen molar-refractivity contribution in [3.05, 3.63) is 51.7 Å². The van der Waals surface area contributed by atoms with Gasteiger partial charge in [-0.25, -0.2) is 9.78 Å². The lowest BCUT2D eigenvalue weighted by atomic mass is 9.89. The molecule has 0 bridgehead atoms. The van der Waals surface area contributed by atoms with Crippen LogP contribution >= 0.6 is 23.1 Å². The van der Waals surface area contributed by atoms with Gasteiger partial charge in [-0.2, -0.15) is 0 Å². The first kappa shape index (κ1) is 26.1. The summed E-state index contributed by atoms with van der Waals surface area (Å²) >= 11 is 2.18. The number of carboxylic acid groups (broad SMARTS) is 1. The predicted molar refractivity (Wildman–Crippen MR) is 139 cm³/mol. The molecule has 8 N–H and O–H groups in total. The lowest BCUT2D eigenvalue weighted by Gasteiger charge is -2.49. The highest BCUT2D eigenvalue weighted by atomic mass is 32.2. The van der Waals surface area contributed by atoms with E-state index in [1.165, 1.54) is 23.6 Å². The summed E-state index contributed by atoms with van der Waals surface area (Å²) in [6.07, 6.45) is 0.275. The van der Waals surface area contributed by atoms with Gasteiger partial charge in [-0.15, -0.1) is 23.1 Å². The Kier molecular flexibility index (Phi) is 6.65. The molecule has 0 spiro atoms. The van der Waals surface area contributed by atoms with Gasteiger partial charge in [0.05, 0.1) is 0 Å². The van der Waals surface area contributed by atoms with Crippen LogP contribution in [0, 0.1) is 0 Å². The summed E-state index contributed by atoms with van der Waals surface area (Å²) in [5.41, 5.74) is 5.72. The number of allylic oxidation sites excluding steroid dienone is 1. The van der Waals surface area contributed by atoms with Gasteiger partial charge in [-0.05, 0) is 29.7 Å². The summed E-state index contributed by atoms with van der Waals surface area (Å²) < 4.78 is 0. The predicted octanol–water partition coefficient (Wildman–Crippen LogP) is 0.0271. The van der Waals surface area contributed by atoms with Crippen LogP contribution < -0.4 is 16.4 Å². The lowest BCUT2D eigenvalue weighted by molar-refractivity contribution is -0.150. The molecule has 0 saturated carbocycles. The van der Waals surface area contributed by atoms with Crippen molar-refractivity contribution < 1.29 is 39.7 Å². The molecule has 0 unspecified atom stereocenters. The molecule has 3 aliphatic heterocycles. The number of nitrogen functional groups attached to an aromatic ring is 1. The van der Waals surface area contributed by atoms with Gasteiger partial charge >= 0.3 is 5.97 Å². The van der Waals surface area contributed by atoms with Crippen molar-refractivity contribution in [1.82, 2.24) is 20.5 Å². The van der Waals surface area contributed by atoms with Crippen molar-refractivity contribution >= 4 is 63.2 Å². The first-order chi connectivity index (χ1) is 18.6. The molecule has 2 fully saturated rings. The number of thiazole rings is 1. The molecule has 0 aliphatic carbocycles. The Bertz CT molecular complexity index is 1530. The molecule has 16 heteroatoms. The molecule has 3 aliphatic rings. The maximum absolute atomic E-state index is 13.2. The van der Waals surface area contributed by atoms with E-state index in [1.807, 2.05) is 0 Å². The standard InChI is InChI=1S/C23H20N6O8S2/c24-23-26-11(7-39-23)15(28-37)19(33)27-16-20(34)29-17(22(35)36)10(6-38-21(16)29)14(9-3-4-25-18(9)32)8-1-2-12(30)13(31)5-8/h1-2,5,7,16,21,30-31,37H,3-4,6H2,(H2,24,26)(H,25,32)(H,27,33)(H,35,36)/t16-,21-/m1/s1. The Balaban J connectivity index is 1.51. The van der Waals surface area contributed by atoms with Crippen molar-refractivity contribution in [2.45, 2.75) is 17.8 Å². The largest absolute Gasteiger partial charge is 0.504 e. The number of aromatic hydroxyl groups is 2. The lowest BCUT2D eigenvalue weighted by Crippen LogP contribution is -2.71. The van der Waals surface area contributed by atoms with Crippen molar-refractivity contribution in [1.29, 1.82) is 0 Å². The van der Waals surface area contributed by atoms with Gasteiger partial charge in [0.2, 0.25) is 5.91 Å². The molecular weight excluding hydrogens is 552 g/mol. The molecule has 0 radical (unpaired) electrons. The SMILES string of the molecule is Nc1nc(C(=NO)C(=O)N[C@@H]2C(=O)N3C(C(=O)O)=C(C(=C4CCNC4=O)c4ccc(O)c(O)c4)CS[C@H]23)cs1. The number of anilines is 1. The van der Waals surface area contributed by atoms with E-state index in [1.54, 1.807) is 0 Å². The highest BCUT2D eigenvalue weighted by Crippen LogP contribution is 2.46. The van der Waals surface area contributed by atoms with Gasteiger partial charge in [-0.1, -0.05) is 11.2 Å². The highest BCUT2D eigenvalue weighted by Gasteiger charge is 2.55. The number of nitrogens with two attached hydrogens (primary N) is 1. The Morgan fingerprint density at radius 1 is 1.23 bits per heavy atom. The minimum absolute atomic E-state index is 0.00842. The van der Waals surface area contributed by atoms with Gasteiger partial charge in [0, 0.05) is 28.8 Å². The third kappa shape index (κ3) is 4.42. The molecule has 2 atom stereocenters. The molecule has 1 aromatic carbocycles. The summed E-state index contributed by atoms with van der Waals surface area (Å²) in [5.74, 6) is -4.29. The molecule has 3 amide bonds. The second-order valence-electron chi connectivity index (χ2n) is 8.58. The van der Waals surface area contributed by atoms with Crippen molar-refractivity contribution in [2.75, 3.05) is 18.0 Å². The normalized spacial score (nSPS) is 22.3. The maximum atomic E-state index is 13.2. The third-order valence-electron chi connectivity index (χ3n) is 6.34. The number of nitrogens with zero attached hydrogens (tertiary/aromatic N) is 3. The van der Waals surface area contributed by atoms with Gasteiger partial charge in [0.1, 0.15) is 22.8 Å². The van der Waals surface area contributed by atoms with Crippen LogP contribution in [0.15, 0.2) is 45.6 Å². The number of amides is 3. The number of carboxylic acids is 1. The zero-order chi connectivity index (χ0) is 28.0. The highest BCUT2D eigenvalue weighted by molar-refractivity contribution is 8.00. The fourth-order valence-corrected chi connectivity index (χ4v) is 6.50. The quantitative estimate of drug-likeness (QED) is 0.0610. The van der Waals surface area contributed by atoms with E-state index in [2.05, 4.69) is 20.8 Å². The topological polar surface area (TPSA) is 228 Å². The van der Waals surface area contributed by atoms with E-state index in [9.17, 15) is 39.7 Å². The van der Waals surface area contributed by atoms with E-state index >= 15 is 0 Å². The number of hydrogen-bond acceptors (Lipinski definition) is 12. The number of rotatable bonds is 6. The molecule has 1 aromatic heterocycles. The van der Waals surface area contributed by atoms with Crippen LogP contribution in [0.25, 0.3) is 5.57 Å². The number of carbonyl (C=O) groups excluding carboxylic acids is 3. The number of nitrogens with one attached hydrogen (secondary N) is 2. The van der Waals surface area contributed by atoms with Crippen LogP contribution in [0.4, 0.5) is 5.13 Å². The molecule has 5 rings (SSSR count).